The Hall–Kier alpha value is -0.190. The summed E-state index contributed by atoms with van der Waals surface area (Å²) in [7, 11) is 0. The molecule has 92 valence electrons. The summed E-state index contributed by atoms with van der Waals surface area (Å²) in [5.41, 5.74) is 2.04. The highest BCUT2D eigenvalue weighted by atomic mass is 79.9. The van der Waals surface area contributed by atoms with E-state index in [9.17, 15) is 0 Å². The van der Waals surface area contributed by atoms with Crippen molar-refractivity contribution in [3.63, 3.8) is 0 Å². The third kappa shape index (κ3) is 3.39. The van der Waals surface area contributed by atoms with Crippen molar-refractivity contribution in [3.8, 4) is 0 Å². The molecule has 0 aromatic heterocycles. The van der Waals surface area contributed by atoms with Crippen molar-refractivity contribution in [1.29, 1.82) is 0 Å². The number of benzene rings is 1. The summed E-state index contributed by atoms with van der Waals surface area (Å²) in [6.07, 6.45) is 1.14. The fourth-order valence-corrected chi connectivity index (χ4v) is 3.36. The minimum absolute atomic E-state index is 0.401. The lowest BCUT2D eigenvalue weighted by molar-refractivity contribution is 0.720. The molecule has 0 saturated heterocycles. The second-order valence-electron chi connectivity index (χ2n) is 4.13. The predicted octanol–water partition coefficient (Wildman–Crippen LogP) is 4.70. The van der Waals surface area contributed by atoms with Crippen molar-refractivity contribution in [2.75, 3.05) is 11.1 Å². The summed E-state index contributed by atoms with van der Waals surface area (Å²) in [6, 6.07) is 4.35. The molecule has 5 heteroatoms. The van der Waals surface area contributed by atoms with Crippen LogP contribution in [0.1, 0.15) is 18.9 Å². The first-order valence-corrected chi connectivity index (χ1v) is 7.65. The van der Waals surface area contributed by atoms with E-state index in [1.165, 1.54) is 0 Å². The van der Waals surface area contributed by atoms with Gasteiger partial charge in [-0.1, -0.05) is 23.4 Å². The van der Waals surface area contributed by atoms with Crippen molar-refractivity contribution in [3.05, 3.63) is 27.2 Å². The standard InChI is InChI=1S/C12H14BrClN2S/c1-7-5-9(13)11(6-10(7)14)16-12-15-8(2)3-4-17-12/h5-6,8H,3-4H2,1-2H3,(H,15,16). The van der Waals surface area contributed by atoms with E-state index in [4.69, 9.17) is 11.6 Å². The van der Waals surface area contributed by atoms with Crippen molar-refractivity contribution in [2.24, 2.45) is 4.99 Å². The quantitative estimate of drug-likeness (QED) is 0.805. The van der Waals surface area contributed by atoms with Gasteiger partial charge < -0.3 is 5.32 Å². The highest BCUT2D eigenvalue weighted by molar-refractivity contribution is 9.10. The molecule has 0 amide bonds. The van der Waals surface area contributed by atoms with Gasteiger partial charge in [0, 0.05) is 15.2 Å². The number of thioether (sulfide) groups is 1. The van der Waals surface area contributed by atoms with E-state index in [2.05, 4.69) is 33.2 Å². The van der Waals surface area contributed by atoms with Gasteiger partial charge in [-0.15, -0.1) is 0 Å². The van der Waals surface area contributed by atoms with Gasteiger partial charge in [0.2, 0.25) is 0 Å². The van der Waals surface area contributed by atoms with Crippen LogP contribution >= 0.6 is 39.3 Å². The maximum absolute atomic E-state index is 6.12. The normalized spacial score (nSPS) is 20.0. The van der Waals surface area contributed by atoms with Crippen molar-refractivity contribution >= 4 is 50.1 Å². The Balaban J connectivity index is 2.21. The van der Waals surface area contributed by atoms with E-state index in [0.29, 0.717) is 6.04 Å². The number of hydrogen-bond acceptors (Lipinski definition) is 3. The molecular formula is C12H14BrClN2S. The van der Waals surface area contributed by atoms with Crippen LogP contribution in [0.4, 0.5) is 5.69 Å². The molecular weight excluding hydrogens is 320 g/mol. The predicted molar refractivity (Wildman–Crippen MR) is 81.5 cm³/mol. The second kappa shape index (κ2) is 5.63. The molecule has 0 saturated carbocycles. The van der Waals surface area contributed by atoms with Gasteiger partial charge in [-0.3, -0.25) is 4.99 Å². The number of aliphatic imine (C=N–C) groups is 1. The molecule has 0 bridgehead atoms. The monoisotopic (exact) mass is 332 g/mol. The lowest BCUT2D eigenvalue weighted by Gasteiger charge is -2.18. The summed E-state index contributed by atoms with van der Waals surface area (Å²) >= 11 is 11.4. The van der Waals surface area contributed by atoms with Crippen molar-refractivity contribution < 1.29 is 0 Å². The van der Waals surface area contributed by atoms with E-state index in [-0.39, 0.29) is 0 Å². The van der Waals surface area contributed by atoms with Gasteiger partial charge in [0.15, 0.2) is 5.17 Å². The van der Waals surface area contributed by atoms with E-state index >= 15 is 0 Å². The number of amidine groups is 1. The third-order valence-electron chi connectivity index (χ3n) is 2.60. The van der Waals surface area contributed by atoms with Crippen LogP contribution in [0.5, 0.6) is 0 Å². The van der Waals surface area contributed by atoms with Crippen LogP contribution < -0.4 is 5.32 Å². The molecule has 0 spiro atoms. The first kappa shape index (κ1) is 13.2. The number of nitrogens with one attached hydrogen (secondary N) is 1. The van der Waals surface area contributed by atoms with Crippen LogP contribution in [-0.4, -0.2) is 17.0 Å². The zero-order chi connectivity index (χ0) is 12.4. The van der Waals surface area contributed by atoms with Crippen molar-refractivity contribution in [2.45, 2.75) is 26.3 Å². The average molecular weight is 334 g/mol. The first-order chi connectivity index (χ1) is 8.06. The molecule has 2 rings (SSSR count). The molecule has 0 radical (unpaired) electrons. The number of rotatable bonds is 1. The summed E-state index contributed by atoms with van der Waals surface area (Å²) in [4.78, 5) is 4.58. The largest absolute Gasteiger partial charge is 0.334 e. The summed E-state index contributed by atoms with van der Waals surface area (Å²) in [6.45, 7) is 4.13. The Kier molecular flexibility index (Phi) is 4.39. The Bertz CT molecular complexity index is 462. The summed E-state index contributed by atoms with van der Waals surface area (Å²) in [5, 5.41) is 5.07. The van der Waals surface area contributed by atoms with E-state index in [1.54, 1.807) is 11.8 Å². The zero-order valence-electron chi connectivity index (χ0n) is 9.76. The Morgan fingerprint density at radius 1 is 1.53 bits per heavy atom. The van der Waals surface area contributed by atoms with Gasteiger partial charge in [-0.2, -0.15) is 0 Å². The average Bonchev–Trinajstić information content (AvgIpc) is 2.26. The molecule has 1 aromatic rings. The molecule has 2 nitrogen and oxygen atoms in total. The molecule has 17 heavy (non-hydrogen) atoms. The molecule has 1 atom stereocenters. The van der Waals surface area contributed by atoms with E-state index < -0.39 is 0 Å². The van der Waals surface area contributed by atoms with Gasteiger partial charge in [0.25, 0.3) is 0 Å². The highest BCUT2D eigenvalue weighted by Crippen LogP contribution is 2.30. The molecule has 1 unspecified atom stereocenters. The number of anilines is 1. The zero-order valence-corrected chi connectivity index (χ0v) is 12.9. The lowest BCUT2D eigenvalue weighted by Crippen LogP contribution is -2.18. The van der Waals surface area contributed by atoms with Gasteiger partial charge in [-0.05, 0) is 53.9 Å². The number of nitrogens with zero attached hydrogens (tertiary/aromatic N) is 1. The second-order valence-corrected chi connectivity index (χ2v) is 6.47. The number of halogens is 2. The minimum Gasteiger partial charge on any atom is -0.334 e. The van der Waals surface area contributed by atoms with Crippen LogP contribution in [0.3, 0.4) is 0 Å². The Morgan fingerprint density at radius 3 is 3.00 bits per heavy atom. The highest BCUT2D eigenvalue weighted by Gasteiger charge is 2.13. The maximum atomic E-state index is 6.12. The topological polar surface area (TPSA) is 24.4 Å². The first-order valence-electron chi connectivity index (χ1n) is 5.49. The number of hydrogen-bond donors (Lipinski definition) is 1. The van der Waals surface area contributed by atoms with E-state index in [0.717, 1.165) is 38.1 Å². The molecule has 0 fully saturated rings. The van der Waals surface area contributed by atoms with Crippen LogP contribution in [0.15, 0.2) is 21.6 Å². The Labute approximate surface area is 119 Å². The molecule has 1 aliphatic heterocycles. The summed E-state index contributed by atoms with van der Waals surface area (Å²) in [5.74, 6) is 1.12. The van der Waals surface area contributed by atoms with Gasteiger partial charge in [0.05, 0.1) is 11.7 Å². The SMILES string of the molecule is Cc1cc(Br)c(NC2=NC(C)CCS2)cc1Cl. The molecule has 1 N–H and O–H groups in total. The molecule has 1 heterocycles. The smallest absolute Gasteiger partial charge is 0.161 e. The van der Waals surface area contributed by atoms with Gasteiger partial charge >= 0.3 is 0 Å². The van der Waals surface area contributed by atoms with Crippen LogP contribution in [-0.2, 0) is 0 Å². The minimum atomic E-state index is 0.401. The van der Waals surface area contributed by atoms with Gasteiger partial charge in [-0.25, -0.2) is 0 Å². The third-order valence-corrected chi connectivity index (χ3v) is 4.59. The van der Waals surface area contributed by atoms with Crippen LogP contribution in [0.2, 0.25) is 5.02 Å². The maximum Gasteiger partial charge on any atom is 0.161 e. The molecule has 0 aliphatic carbocycles. The van der Waals surface area contributed by atoms with Gasteiger partial charge in [0.1, 0.15) is 0 Å². The fourth-order valence-electron chi connectivity index (χ4n) is 1.55. The fraction of sp³-hybridized carbons (Fsp3) is 0.417. The van der Waals surface area contributed by atoms with E-state index in [1.807, 2.05) is 19.1 Å². The molecule has 1 aromatic carbocycles. The lowest BCUT2D eigenvalue weighted by atomic mass is 10.2. The van der Waals surface area contributed by atoms with Crippen LogP contribution in [0.25, 0.3) is 0 Å². The molecule has 1 aliphatic rings. The van der Waals surface area contributed by atoms with Crippen molar-refractivity contribution in [1.82, 2.24) is 0 Å². The summed E-state index contributed by atoms with van der Waals surface area (Å²) < 4.78 is 1.01. The Morgan fingerprint density at radius 2 is 2.29 bits per heavy atom. The number of aryl methyl sites for hydroxylation is 1. The van der Waals surface area contributed by atoms with Crippen LogP contribution in [0, 0.1) is 6.92 Å².